The second-order valence-corrected chi connectivity index (χ2v) is 36.6. The molecule has 5 aromatic carbocycles. The van der Waals surface area contributed by atoms with E-state index in [-0.39, 0.29) is 89.8 Å². The second-order valence-electron chi connectivity index (χ2n) is 36.6. The van der Waals surface area contributed by atoms with Crippen molar-refractivity contribution in [3.05, 3.63) is 301 Å². The zero-order valence-corrected chi connectivity index (χ0v) is 77.2. The number of halogens is 5. The minimum Gasteiger partial charge on any atom is -0.490 e. The average molecular weight is 1870 g/mol. The number of rotatable bonds is 0. The highest BCUT2D eigenvalue weighted by Crippen LogP contribution is 2.42. The van der Waals surface area contributed by atoms with Gasteiger partial charge in [0.05, 0.1) is 115 Å². The third-order valence-corrected chi connectivity index (χ3v) is 27.3. The number of benzene rings is 5. The molecule has 0 unspecified atom stereocenters. The Labute approximate surface area is 793 Å². The van der Waals surface area contributed by atoms with Crippen LogP contribution in [-0.4, -0.2) is 193 Å². The molecular weight excluding hydrogens is 1760 g/mol. The van der Waals surface area contributed by atoms with E-state index in [2.05, 4.69) is 109 Å². The summed E-state index contributed by atoms with van der Waals surface area (Å²) >= 11 is 0. The summed E-state index contributed by atoms with van der Waals surface area (Å²) in [7, 11) is 0. The Hall–Kier alpha value is -15.5. The fourth-order valence-corrected chi connectivity index (χ4v) is 19.8. The number of aromatic nitrogens is 15. The summed E-state index contributed by atoms with van der Waals surface area (Å²) in [6, 6.07) is 32.0. The first-order valence-electron chi connectivity index (χ1n) is 47.0. The van der Waals surface area contributed by atoms with Gasteiger partial charge in [0.15, 0.2) is 28.2 Å². The molecule has 0 spiro atoms. The molecule has 9 atom stereocenters. The fourth-order valence-electron chi connectivity index (χ4n) is 19.8. The third kappa shape index (κ3) is 18.2. The Balaban J connectivity index is 0.000000103. The largest absolute Gasteiger partial charge is 0.490 e. The Morgan fingerprint density at radius 3 is 0.732 bits per heavy atom. The van der Waals surface area contributed by atoms with E-state index < -0.39 is 0 Å². The highest BCUT2D eigenvalue weighted by Gasteiger charge is 2.36. The molecule has 10 aromatic heterocycles. The van der Waals surface area contributed by atoms with Gasteiger partial charge in [0.1, 0.15) is 117 Å². The maximum absolute atomic E-state index is 14.0. The lowest BCUT2D eigenvalue weighted by molar-refractivity contribution is 0.119. The molecule has 0 amide bonds. The number of hydrogen-bond donors (Lipinski definition) is 5. The first-order chi connectivity index (χ1) is 66.9. The van der Waals surface area contributed by atoms with Crippen molar-refractivity contribution in [1.82, 2.24) is 97.5 Å². The molecule has 0 saturated carbocycles. The Bertz CT molecular complexity index is 6890. The van der Waals surface area contributed by atoms with Gasteiger partial charge in [-0.25, -0.2) is 69.4 Å². The summed E-state index contributed by atoms with van der Waals surface area (Å²) in [5.74, 6) is 5.65. The number of ether oxygens (including phenoxy) is 5. The van der Waals surface area contributed by atoms with Crippen LogP contribution in [0, 0.1) is 29.1 Å². The number of hydrogen-bond acceptors (Lipinski definition) is 25. The smallest absolute Gasteiger partial charge is 0.166 e. The van der Waals surface area contributed by atoms with E-state index in [1.54, 1.807) is 71.4 Å². The zero-order chi connectivity index (χ0) is 94.8. The second kappa shape index (κ2) is 37.3. The first kappa shape index (κ1) is 89.1. The minimum absolute atomic E-state index is 0.0183. The molecule has 11 aliphatic heterocycles. The van der Waals surface area contributed by atoms with Crippen molar-refractivity contribution in [3.8, 4) is 28.7 Å². The third-order valence-electron chi connectivity index (χ3n) is 27.3. The molecule has 26 rings (SSSR count). The maximum Gasteiger partial charge on any atom is 0.166 e. The molecule has 30 nitrogen and oxygen atoms in total. The number of fused-ring (bicyclic) bond motifs is 19. The van der Waals surface area contributed by atoms with Gasteiger partial charge in [0.2, 0.25) is 0 Å². The lowest BCUT2D eigenvalue weighted by Crippen LogP contribution is -2.40. The van der Waals surface area contributed by atoms with Crippen molar-refractivity contribution in [2.45, 2.75) is 147 Å². The zero-order valence-electron chi connectivity index (χ0n) is 77.2. The number of nitrogens with zero attached hydrogens (tertiary/aromatic N) is 20. The van der Waals surface area contributed by atoms with Crippen molar-refractivity contribution < 1.29 is 45.6 Å². The SMILES string of the molecule is C=C1c2cnn3ccc(nc23)N[C@H](C)c2cc(F)ccc2OC2CCN1CC2.C=C1c2cnn3ccc(nc23)N[C@H](C)c2cc(F)ccc2O[C@@H]2CCCN1C2.C=C1c2cnn3ccc(nc23)N[C@H](C)c2cc(F)ccc2O[C@@H]2CCN1C2.C=C1c2cnn3ccc(nc23)N[C@H](C)c2cc(F)ccc2O[C@H]2CCCN1C2.C=C1c2cnn3ccc(nc23)N[C@H](C)c2cc(F)ccc2O[C@H]2CCN1C2. The summed E-state index contributed by atoms with van der Waals surface area (Å²) in [5.41, 5.74) is 16.8. The standard InChI is InChI=1S/3C21H22FN5O.2C20H20FN5O/c1-13-17-11-15(22)3-4-19(17)28-16-5-8-26(9-6-16)14(2)18-12-23-27-10-7-20(24-13)25-21(18)27;2*1-13-17-10-15(22)5-6-19(17)28-16-4-3-8-26(12-16)14(2)18-11-23-27-9-7-20(24-13)25-21(18)27;2*1-12-16-9-14(21)3-4-18(16)27-15-5-7-25(11-15)13(2)17-10-22-26-8-6-19(23-12)24-20(17)26/h3-4,7,10-13,16H,2,5-6,8-9H2,1H3,(H,24,25);2*5-7,9-11,13,16H,2-4,8,12H2,1H3,(H,24,25);2*3-4,6,8-10,12,15H,2,5,7,11H2,1H3,(H,23,24)/t13-;13-,16+;13-,16-;12-,15+;12-,15-/m11111/s1. The molecule has 138 heavy (non-hydrogen) atoms. The van der Waals surface area contributed by atoms with Gasteiger partial charge in [-0.2, -0.15) is 25.5 Å². The van der Waals surface area contributed by atoms with Crippen LogP contribution in [0.25, 0.3) is 56.7 Å². The van der Waals surface area contributed by atoms with Gasteiger partial charge in [-0.05, 0) is 182 Å². The van der Waals surface area contributed by atoms with Crippen LogP contribution in [0.15, 0.2) is 216 Å². The average Bonchev–Trinajstić information content (AvgIpc) is 1.65. The molecule has 0 aliphatic carbocycles. The van der Waals surface area contributed by atoms with Gasteiger partial charge < -0.3 is 74.8 Å². The Morgan fingerprint density at radius 1 is 0.268 bits per heavy atom. The highest BCUT2D eigenvalue weighted by molar-refractivity contribution is 5.79. The molecule has 21 heterocycles. The maximum atomic E-state index is 14.0. The van der Waals surface area contributed by atoms with E-state index in [0.717, 1.165) is 235 Å². The van der Waals surface area contributed by atoms with Crippen molar-refractivity contribution in [1.29, 1.82) is 0 Å². The van der Waals surface area contributed by atoms with Gasteiger partial charge in [-0.1, -0.05) is 32.9 Å². The Morgan fingerprint density at radius 2 is 0.478 bits per heavy atom. The minimum atomic E-state index is -0.279. The van der Waals surface area contributed by atoms with Gasteiger partial charge in [0.25, 0.3) is 0 Å². The van der Waals surface area contributed by atoms with Crippen LogP contribution >= 0.6 is 0 Å². The molecule has 20 bridgehead atoms. The molecule has 35 heteroatoms. The summed E-state index contributed by atoms with van der Waals surface area (Å²) in [6.45, 7) is 39.5. The van der Waals surface area contributed by atoms with E-state index in [0.29, 0.717) is 52.1 Å². The molecular formula is C103H106F5N25O5. The van der Waals surface area contributed by atoms with E-state index in [1.165, 1.54) is 54.6 Å². The number of nitrogens with one attached hydrogen (secondary N) is 5. The van der Waals surface area contributed by atoms with Gasteiger partial charge in [-0.3, -0.25) is 0 Å². The predicted molar refractivity (Wildman–Crippen MR) is 519 cm³/mol. The molecule has 0 radical (unpaired) electrons. The van der Waals surface area contributed by atoms with Crippen LogP contribution in [0.4, 0.5) is 51.0 Å². The monoisotopic (exact) mass is 1870 g/mol. The quantitative estimate of drug-likeness (QED) is 0.0883. The Kier molecular flexibility index (Phi) is 24.1. The summed E-state index contributed by atoms with van der Waals surface area (Å²) in [5, 5.41) is 38.8. The summed E-state index contributed by atoms with van der Waals surface area (Å²) in [4.78, 5) is 34.8. The van der Waals surface area contributed by atoms with Crippen molar-refractivity contribution in [2.24, 2.45) is 0 Å². The van der Waals surface area contributed by atoms with E-state index in [1.807, 2.05) is 115 Å². The van der Waals surface area contributed by atoms with Crippen LogP contribution in [0.1, 0.15) is 172 Å². The predicted octanol–water partition coefficient (Wildman–Crippen LogP) is 18.6. The lowest BCUT2D eigenvalue weighted by Gasteiger charge is -2.35. The molecule has 708 valence electrons. The summed E-state index contributed by atoms with van der Waals surface area (Å²) in [6.07, 6.45) is 26.0. The molecule has 15 aromatic rings. The normalized spacial score (nSPS) is 21.9. The number of anilines is 5. The van der Waals surface area contributed by atoms with Crippen LogP contribution in [0.2, 0.25) is 0 Å². The molecule has 5 N–H and O–H groups in total. The van der Waals surface area contributed by atoms with Crippen LogP contribution < -0.4 is 50.3 Å². The fraction of sp³-hybridized carbons (Fsp3) is 0.320. The van der Waals surface area contributed by atoms with Gasteiger partial charge in [0, 0.05) is 152 Å². The van der Waals surface area contributed by atoms with Crippen LogP contribution in [0.5, 0.6) is 28.7 Å². The molecule has 11 aliphatic rings. The van der Waals surface area contributed by atoms with Gasteiger partial charge in [-0.15, -0.1) is 0 Å². The summed E-state index contributed by atoms with van der Waals surface area (Å²) < 4.78 is 110. The molecule has 5 saturated heterocycles. The van der Waals surface area contributed by atoms with E-state index in [9.17, 15) is 22.0 Å². The first-order valence-corrected chi connectivity index (χ1v) is 47.0. The van der Waals surface area contributed by atoms with Crippen molar-refractivity contribution in [2.75, 3.05) is 92.0 Å². The van der Waals surface area contributed by atoms with Crippen molar-refractivity contribution >= 4 is 85.8 Å². The highest BCUT2D eigenvalue weighted by atomic mass is 19.1. The van der Waals surface area contributed by atoms with E-state index in [4.69, 9.17) is 48.6 Å². The topological polar surface area (TPSA) is 273 Å². The van der Waals surface area contributed by atoms with Crippen LogP contribution in [-0.2, 0) is 0 Å². The van der Waals surface area contributed by atoms with Gasteiger partial charge >= 0.3 is 0 Å². The molecule has 5 fully saturated rings. The van der Waals surface area contributed by atoms with Crippen LogP contribution in [0.3, 0.4) is 0 Å². The lowest BCUT2D eigenvalue weighted by atomic mass is 10.0. The number of piperidine rings is 3. The van der Waals surface area contributed by atoms with E-state index >= 15 is 0 Å². The van der Waals surface area contributed by atoms with Crippen molar-refractivity contribution in [3.63, 3.8) is 0 Å².